The van der Waals surface area contributed by atoms with E-state index >= 15 is 0 Å². The number of carbonyl (C=O) groups is 1. The Labute approximate surface area is 134 Å². The van der Waals surface area contributed by atoms with Gasteiger partial charge in [0.25, 0.3) is 11.8 Å². The third kappa shape index (κ3) is 3.61. The van der Waals surface area contributed by atoms with E-state index in [0.29, 0.717) is 24.6 Å². The molecule has 1 unspecified atom stereocenters. The normalized spacial score (nSPS) is 17.3. The van der Waals surface area contributed by atoms with Gasteiger partial charge in [-0.15, -0.1) is 0 Å². The van der Waals surface area contributed by atoms with Gasteiger partial charge in [0, 0.05) is 31.5 Å². The second-order valence-corrected chi connectivity index (χ2v) is 5.45. The molecule has 0 bridgehead atoms. The molecule has 1 atom stereocenters. The Kier molecular flexibility index (Phi) is 4.75. The molecule has 1 saturated heterocycles. The Morgan fingerprint density at radius 2 is 2.35 bits per heavy atom. The summed E-state index contributed by atoms with van der Waals surface area (Å²) in [6.45, 7) is 4.15. The molecule has 3 heterocycles. The Morgan fingerprint density at radius 1 is 1.48 bits per heavy atom. The van der Waals surface area contributed by atoms with Crippen LogP contribution < -0.4 is 15.0 Å². The van der Waals surface area contributed by atoms with Gasteiger partial charge in [-0.3, -0.25) is 4.79 Å². The maximum absolute atomic E-state index is 12.1. The van der Waals surface area contributed by atoms with Crippen LogP contribution >= 0.6 is 0 Å². The molecular weight excluding hydrogens is 296 g/mol. The Hall–Kier alpha value is -2.57. The van der Waals surface area contributed by atoms with Crippen LogP contribution in [0.25, 0.3) is 0 Å². The maximum Gasteiger partial charge on any atom is 0.257 e. The number of hydrogen-bond donors (Lipinski definition) is 1. The van der Waals surface area contributed by atoms with Crippen LogP contribution in [0, 0.1) is 0 Å². The zero-order valence-electron chi connectivity index (χ0n) is 13.1. The van der Waals surface area contributed by atoms with Crippen LogP contribution in [0.3, 0.4) is 0 Å². The zero-order chi connectivity index (χ0) is 16.1. The second-order valence-electron chi connectivity index (χ2n) is 5.45. The fraction of sp³-hybridized carbons (Fsp3) is 0.438. The number of hydrogen-bond acceptors (Lipinski definition) is 6. The van der Waals surface area contributed by atoms with Gasteiger partial charge in [0.2, 0.25) is 0 Å². The van der Waals surface area contributed by atoms with Gasteiger partial charge >= 0.3 is 0 Å². The first-order valence-electron chi connectivity index (χ1n) is 7.79. The lowest BCUT2D eigenvalue weighted by Gasteiger charge is -2.19. The highest BCUT2D eigenvalue weighted by Crippen LogP contribution is 2.26. The molecule has 0 spiro atoms. The molecule has 0 aliphatic carbocycles. The molecule has 1 N–H and O–H groups in total. The SMILES string of the molecule is CCCOc1nccnc1N1CCC(NC(=O)c2ccoc2)C1. The molecule has 3 rings (SSSR count). The summed E-state index contributed by atoms with van der Waals surface area (Å²) in [4.78, 5) is 22.8. The molecule has 2 aromatic heterocycles. The van der Waals surface area contributed by atoms with Crippen LogP contribution in [-0.4, -0.2) is 41.6 Å². The van der Waals surface area contributed by atoms with E-state index in [1.54, 1.807) is 18.5 Å². The van der Waals surface area contributed by atoms with Crippen LogP contribution in [0.1, 0.15) is 30.1 Å². The van der Waals surface area contributed by atoms with Gasteiger partial charge in [-0.1, -0.05) is 6.92 Å². The van der Waals surface area contributed by atoms with E-state index in [9.17, 15) is 4.79 Å². The van der Waals surface area contributed by atoms with Crippen LogP contribution in [0.2, 0.25) is 0 Å². The maximum atomic E-state index is 12.1. The Morgan fingerprint density at radius 3 is 3.13 bits per heavy atom. The molecule has 1 amide bonds. The molecule has 0 saturated carbocycles. The lowest BCUT2D eigenvalue weighted by Crippen LogP contribution is -2.37. The van der Waals surface area contributed by atoms with Gasteiger partial charge in [0.15, 0.2) is 5.82 Å². The number of carbonyl (C=O) groups excluding carboxylic acids is 1. The number of anilines is 1. The van der Waals surface area contributed by atoms with E-state index in [1.807, 2.05) is 6.92 Å². The third-order valence-corrected chi connectivity index (χ3v) is 3.70. The van der Waals surface area contributed by atoms with Crippen molar-refractivity contribution in [3.8, 4) is 5.88 Å². The lowest BCUT2D eigenvalue weighted by molar-refractivity contribution is 0.0940. The fourth-order valence-electron chi connectivity index (χ4n) is 2.57. The van der Waals surface area contributed by atoms with Crippen molar-refractivity contribution >= 4 is 11.7 Å². The Bertz CT molecular complexity index is 645. The molecule has 0 aromatic carbocycles. The number of ether oxygens (including phenoxy) is 1. The lowest BCUT2D eigenvalue weighted by atomic mass is 10.2. The fourth-order valence-corrected chi connectivity index (χ4v) is 2.57. The van der Waals surface area contributed by atoms with E-state index in [-0.39, 0.29) is 11.9 Å². The van der Waals surface area contributed by atoms with Crippen molar-refractivity contribution in [3.63, 3.8) is 0 Å². The first-order chi connectivity index (χ1) is 11.3. The highest BCUT2D eigenvalue weighted by atomic mass is 16.5. The van der Waals surface area contributed by atoms with Crippen molar-refractivity contribution < 1.29 is 13.9 Å². The molecule has 7 heteroatoms. The van der Waals surface area contributed by atoms with Crippen molar-refractivity contribution in [1.29, 1.82) is 0 Å². The average Bonchev–Trinajstić information content (AvgIpc) is 3.25. The van der Waals surface area contributed by atoms with Crippen molar-refractivity contribution in [2.45, 2.75) is 25.8 Å². The van der Waals surface area contributed by atoms with Crippen molar-refractivity contribution in [2.75, 3.05) is 24.6 Å². The van der Waals surface area contributed by atoms with Crippen LogP contribution in [0.4, 0.5) is 5.82 Å². The van der Waals surface area contributed by atoms with E-state index in [4.69, 9.17) is 9.15 Å². The molecule has 0 radical (unpaired) electrons. The van der Waals surface area contributed by atoms with Crippen LogP contribution in [0.5, 0.6) is 5.88 Å². The molecule has 2 aromatic rings. The number of nitrogens with one attached hydrogen (secondary N) is 1. The first kappa shape index (κ1) is 15.3. The molecule has 1 fully saturated rings. The molecule has 7 nitrogen and oxygen atoms in total. The number of rotatable bonds is 6. The molecule has 1 aliphatic heterocycles. The predicted molar refractivity (Wildman–Crippen MR) is 84.6 cm³/mol. The predicted octanol–water partition coefficient (Wildman–Crippen LogP) is 1.87. The number of furan rings is 1. The molecule has 23 heavy (non-hydrogen) atoms. The van der Waals surface area contributed by atoms with E-state index in [1.165, 1.54) is 12.5 Å². The largest absolute Gasteiger partial charge is 0.475 e. The summed E-state index contributed by atoms with van der Waals surface area (Å²) < 4.78 is 10.6. The highest BCUT2D eigenvalue weighted by molar-refractivity contribution is 5.94. The van der Waals surface area contributed by atoms with E-state index in [0.717, 1.165) is 25.2 Å². The summed E-state index contributed by atoms with van der Waals surface area (Å²) >= 11 is 0. The minimum Gasteiger partial charge on any atom is -0.475 e. The zero-order valence-corrected chi connectivity index (χ0v) is 13.1. The first-order valence-corrected chi connectivity index (χ1v) is 7.79. The third-order valence-electron chi connectivity index (χ3n) is 3.70. The smallest absolute Gasteiger partial charge is 0.257 e. The summed E-state index contributed by atoms with van der Waals surface area (Å²) in [5.41, 5.74) is 0.537. The number of nitrogens with zero attached hydrogens (tertiary/aromatic N) is 3. The molecular formula is C16H20N4O3. The van der Waals surface area contributed by atoms with Crippen molar-refractivity contribution in [3.05, 3.63) is 36.5 Å². The van der Waals surface area contributed by atoms with Gasteiger partial charge in [-0.05, 0) is 18.9 Å². The monoisotopic (exact) mass is 316 g/mol. The quantitative estimate of drug-likeness (QED) is 0.876. The summed E-state index contributed by atoms with van der Waals surface area (Å²) in [6.07, 6.45) is 8.00. The summed E-state index contributed by atoms with van der Waals surface area (Å²) in [5.74, 6) is 1.17. The Balaban J connectivity index is 1.62. The van der Waals surface area contributed by atoms with E-state index in [2.05, 4.69) is 20.2 Å². The average molecular weight is 316 g/mol. The highest BCUT2D eigenvalue weighted by Gasteiger charge is 2.27. The summed E-state index contributed by atoms with van der Waals surface area (Å²) in [6, 6.07) is 1.72. The number of amides is 1. The molecule has 1 aliphatic rings. The molecule has 122 valence electrons. The number of aromatic nitrogens is 2. The van der Waals surface area contributed by atoms with Crippen LogP contribution in [-0.2, 0) is 0 Å². The van der Waals surface area contributed by atoms with Gasteiger partial charge in [0.1, 0.15) is 6.26 Å². The minimum atomic E-state index is -0.118. The van der Waals surface area contributed by atoms with Crippen molar-refractivity contribution in [2.24, 2.45) is 0 Å². The topological polar surface area (TPSA) is 80.5 Å². The summed E-state index contributed by atoms with van der Waals surface area (Å²) in [5, 5.41) is 3.01. The van der Waals surface area contributed by atoms with Crippen molar-refractivity contribution in [1.82, 2.24) is 15.3 Å². The minimum absolute atomic E-state index is 0.0680. The van der Waals surface area contributed by atoms with Gasteiger partial charge in [-0.2, -0.15) is 0 Å². The van der Waals surface area contributed by atoms with Gasteiger partial charge in [-0.25, -0.2) is 9.97 Å². The summed E-state index contributed by atoms with van der Waals surface area (Å²) in [7, 11) is 0. The van der Waals surface area contributed by atoms with Crippen LogP contribution in [0.15, 0.2) is 35.4 Å². The second kappa shape index (κ2) is 7.13. The van der Waals surface area contributed by atoms with E-state index < -0.39 is 0 Å². The van der Waals surface area contributed by atoms with Gasteiger partial charge in [0.05, 0.1) is 18.4 Å². The van der Waals surface area contributed by atoms with Gasteiger partial charge < -0.3 is 19.4 Å². The standard InChI is InChI=1S/C16H20N4O3/c1-2-8-23-16-14(17-5-6-18-16)20-7-3-13(10-20)19-15(21)12-4-9-22-11-12/h4-6,9,11,13H,2-3,7-8,10H2,1H3,(H,19,21).